The fraction of sp³-hybridized carbons (Fsp3) is 0.143. The largest absolute Gasteiger partial charge is 0.505 e. The predicted octanol–water partition coefficient (Wildman–Crippen LogP) is 1.49. The van der Waals surface area contributed by atoms with Gasteiger partial charge in [0, 0.05) is 0 Å². The number of halogens is 1. The average molecular weight is 249 g/mol. The van der Waals surface area contributed by atoms with Crippen molar-refractivity contribution in [1.82, 2.24) is 0 Å². The van der Waals surface area contributed by atoms with Gasteiger partial charge in [0.15, 0.2) is 5.75 Å². The van der Waals surface area contributed by atoms with Crippen LogP contribution in [0, 0.1) is 0 Å². The molecule has 0 unspecified atom stereocenters. The van der Waals surface area contributed by atoms with Gasteiger partial charge in [-0.05, 0) is 28.1 Å². The molecule has 0 amide bonds. The zero-order chi connectivity index (χ0) is 10.0. The van der Waals surface area contributed by atoms with Crippen molar-refractivity contribution in [2.24, 2.45) is 0 Å². The predicted molar refractivity (Wildman–Crippen MR) is 51.5 cm³/mol. The third-order valence-electron chi connectivity index (χ3n) is 1.52. The van der Waals surface area contributed by atoms with Crippen molar-refractivity contribution in [2.75, 3.05) is 18.1 Å². The van der Waals surface area contributed by atoms with Crippen molar-refractivity contribution >= 4 is 27.3 Å². The van der Waals surface area contributed by atoms with Crippen LogP contribution in [0.5, 0.6) is 5.75 Å². The summed E-state index contributed by atoms with van der Waals surface area (Å²) in [6.07, 6.45) is 0. The van der Waals surface area contributed by atoms with Crippen molar-refractivity contribution in [1.29, 1.82) is 0 Å². The van der Waals surface area contributed by atoms with Crippen LogP contribution in [0.1, 0.15) is 0 Å². The topological polar surface area (TPSA) is 79.0 Å². The number of rotatable bonds is 2. The minimum absolute atomic E-state index is 0.0405. The second kappa shape index (κ2) is 3.82. The highest BCUT2D eigenvalue weighted by Gasteiger charge is 2.12. The van der Waals surface area contributed by atoms with Crippen molar-refractivity contribution < 1.29 is 15.2 Å². The van der Waals surface area contributed by atoms with Gasteiger partial charge in [0.2, 0.25) is 0 Å². The minimum atomic E-state index is -0.131. The molecule has 1 rings (SSSR count). The van der Waals surface area contributed by atoms with E-state index >= 15 is 0 Å². The third kappa shape index (κ3) is 1.85. The maximum atomic E-state index is 9.37. The van der Waals surface area contributed by atoms with E-state index in [4.69, 9.17) is 10.9 Å². The van der Waals surface area contributed by atoms with Gasteiger partial charge < -0.3 is 10.8 Å². The maximum absolute atomic E-state index is 9.37. The monoisotopic (exact) mass is 248 g/mol. The van der Waals surface area contributed by atoms with Crippen LogP contribution in [0.3, 0.4) is 0 Å². The van der Waals surface area contributed by atoms with Crippen LogP contribution < -0.4 is 11.0 Å². The Morgan fingerprint density at radius 2 is 2.15 bits per heavy atom. The molecule has 0 saturated heterocycles. The lowest BCUT2D eigenvalue weighted by Crippen LogP contribution is -2.17. The Hall–Kier alpha value is -0.980. The quantitative estimate of drug-likeness (QED) is 0.420. The number of phenolic OH excluding ortho intramolecular Hbond substituents is 1. The summed E-state index contributed by atoms with van der Waals surface area (Å²) in [5.41, 5.74) is 5.72. The van der Waals surface area contributed by atoms with Crippen LogP contribution in [-0.2, 0) is 4.84 Å². The van der Waals surface area contributed by atoms with Crippen LogP contribution in [-0.4, -0.2) is 17.4 Å². The fourth-order valence-corrected chi connectivity index (χ4v) is 1.18. The molecule has 0 radical (unpaired) electrons. The standard InChI is InChI=1S/C7H9BrN2O3/c1-13-10(12)5-3-2-4(8)7(11)6(5)9/h2-3,11-12H,9H2,1H3. The lowest BCUT2D eigenvalue weighted by atomic mass is 10.2. The van der Waals surface area contributed by atoms with Crippen LogP contribution in [0.2, 0.25) is 0 Å². The first-order valence-electron chi connectivity index (χ1n) is 3.38. The van der Waals surface area contributed by atoms with E-state index in [-0.39, 0.29) is 17.1 Å². The van der Waals surface area contributed by atoms with Gasteiger partial charge in [-0.3, -0.25) is 10.0 Å². The van der Waals surface area contributed by atoms with Gasteiger partial charge in [-0.2, -0.15) is 0 Å². The first-order chi connectivity index (χ1) is 6.07. The first kappa shape index (κ1) is 10.1. The van der Waals surface area contributed by atoms with Crippen LogP contribution in [0.15, 0.2) is 16.6 Å². The highest BCUT2D eigenvalue weighted by atomic mass is 79.9. The molecule has 0 aliphatic heterocycles. The molecule has 1 aromatic rings. The summed E-state index contributed by atoms with van der Waals surface area (Å²) in [6.45, 7) is 0. The number of nitrogens with two attached hydrogens (primary N) is 1. The lowest BCUT2D eigenvalue weighted by molar-refractivity contribution is -0.0106. The molecule has 0 aromatic heterocycles. The molecule has 72 valence electrons. The molecule has 0 atom stereocenters. The molecule has 13 heavy (non-hydrogen) atoms. The highest BCUT2D eigenvalue weighted by molar-refractivity contribution is 9.10. The minimum Gasteiger partial charge on any atom is -0.505 e. The molecule has 0 aliphatic carbocycles. The van der Waals surface area contributed by atoms with Crippen molar-refractivity contribution in [2.45, 2.75) is 0 Å². The number of nitrogen functional groups attached to an aromatic ring is 1. The van der Waals surface area contributed by atoms with E-state index < -0.39 is 0 Å². The highest BCUT2D eigenvalue weighted by Crippen LogP contribution is 2.36. The second-order valence-corrected chi connectivity index (χ2v) is 3.14. The Labute approximate surface area is 83.4 Å². The smallest absolute Gasteiger partial charge is 0.155 e. The Balaban J connectivity index is 3.18. The summed E-state index contributed by atoms with van der Waals surface area (Å²) >= 11 is 3.08. The molecule has 4 N–H and O–H groups in total. The number of nitrogens with zero attached hydrogens (tertiary/aromatic N) is 1. The molecule has 6 heteroatoms. The van der Waals surface area contributed by atoms with Gasteiger partial charge in [0.05, 0.1) is 11.6 Å². The molecule has 0 heterocycles. The zero-order valence-electron chi connectivity index (χ0n) is 6.86. The summed E-state index contributed by atoms with van der Waals surface area (Å²) < 4.78 is 0.457. The molecule has 0 bridgehead atoms. The van der Waals surface area contributed by atoms with Gasteiger partial charge in [0.1, 0.15) is 11.4 Å². The van der Waals surface area contributed by atoms with Crippen molar-refractivity contribution in [3.63, 3.8) is 0 Å². The second-order valence-electron chi connectivity index (χ2n) is 2.28. The number of hydrogen-bond donors (Lipinski definition) is 3. The molecule has 0 spiro atoms. The van der Waals surface area contributed by atoms with E-state index in [9.17, 15) is 5.11 Å². The van der Waals surface area contributed by atoms with E-state index in [0.29, 0.717) is 9.70 Å². The van der Waals surface area contributed by atoms with Crippen LogP contribution >= 0.6 is 15.9 Å². The Kier molecular flexibility index (Phi) is 2.97. The number of aromatic hydroxyl groups is 1. The number of anilines is 2. The summed E-state index contributed by atoms with van der Waals surface area (Å²) in [7, 11) is 1.28. The Morgan fingerprint density at radius 1 is 1.54 bits per heavy atom. The van der Waals surface area contributed by atoms with Crippen molar-refractivity contribution in [3.05, 3.63) is 16.6 Å². The first-order valence-corrected chi connectivity index (χ1v) is 4.17. The Morgan fingerprint density at radius 3 is 2.69 bits per heavy atom. The van der Waals surface area contributed by atoms with E-state index in [1.807, 2.05) is 0 Å². The van der Waals surface area contributed by atoms with Crippen LogP contribution in [0.25, 0.3) is 0 Å². The van der Waals surface area contributed by atoms with Crippen LogP contribution in [0.4, 0.5) is 11.4 Å². The molecule has 5 nitrogen and oxygen atoms in total. The summed E-state index contributed by atoms with van der Waals surface area (Å²) in [6, 6.07) is 3.05. The summed E-state index contributed by atoms with van der Waals surface area (Å²) in [4.78, 5) is 4.49. The van der Waals surface area contributed by atoms with E-state index in [1.54, 1.807) is 6.07 Å². The number of hydrogen-bond acceptors (Lipinski definition) is 5. The number of phenols is 1. The summed E-state index contributed by atoms with van der Waals surface area (Å²) in [5, 5.41) is 19.0. The normalized spacial score (nSPS) is 10.1. The van der Waals surface area contributed by atoms with Gasteiger partial charge in [-0.1, -0.05) is 0 Å². The molecule has 0 saturated carbocycles. The van der Waals surface area contributed by atoms with E-state index in [0.717, 1.165) is 0 Å². The van der Waals surface area contributed by atoms with Gasteiger partial charge in [0.25, 0.3) is 0 Å². The fourth-order valence-electron chi connectivity index (χ4n) is 0.836. The van der Waals surface area contributed by atoms with E-state index in [1.165, 1.54) is 13.2 Å². The Bertz CT molecular complexity index is 319. The molecular formula is C7H9BrN2O3. The van der Waals surface area contributed by atoms with Gasteiger partial charge >= 0.3 is 0 Å². The molecule has 1 aromatic carbocycles. The average Bonchev–Trinajstić information content (AvgIpc) is 2.13. The van der Waals surface area contributed by atoms with Gasteiger partial charge in [-0.15, -0.1) is 5.23 Å². The SMILES string of the molecule is CON(O)c1ccc(Br)c(O)c1N. The third-order valence-corrected chi connectivity index (χ3v) is 2.16. The molecular weight excluding hydrogens is 240 g/mol. The number of benzene rings is 1. The van der Waals surface area contributed by atoms with Crippen molar-refractivity contribution in [3.8, 4) is 5.75 Å². The van der Waals surface area contributed by atoms with Gasteiger partial charge in [-0.25, -0.2) is 0 Å². The molecule has 0 aliphatic rings. The lowest BCUT2D eigenvalue weighted by Gasteiger charge is -2.16. The zero-order valence-corrected chi connectivity index (χ0v) is 8.45. The molecule has 0 fully saturated rings. The van der Waals surface area contributed by atoms with E-state index in [2.05, 4.69) is 20.8 Å². The summed E-state index contributed by atoms with van der Waals surface area (Å²) in [5.74, 6) is -0.131. The maximum Gasteiger partial charge on any atom is 0.155 e.